The molecule has 0 bridgehead atoms. The lowest BCUT2D eigenvalue weighted by Crippen LogP contribution is -2.48. The van der Waals surface area contributed by atoms with E-state index >= 15 is 0 Å². The van der Waals surface area contributed by atoms with Gasteiger partial charge in [-0.1, -0.05) is 48.5 Å². The number of hydrogen-bond donors (Lipinski definition) is 1. The van der Waals surface area contributed by atoms with E-state index in [4.69, 9.17) is 4.74 Å². The van der Waals surface area contributed by atoms with Gasteiger partial charge in [-0.05, 0) is 35.4 Å². The normalized spacial score (nSPS) is 14.8. The van der Waals surface area contributed by atoms with Crippen LogP contribution in [0.2, 0.25) is 0 Å². The number of nitrogens with zero attached hydrogens (tertiary/aromatic N) is 3. The molecule has 0 aliphatic carbocycles. The number of ether oxygens (including phenoxy) is 1. The average molecular weight is 495 g/mol. The Balaban J connectivity index is 1.17. The van der Waals surface area contributed by atoms with Gasteiger partial charge < -0.3 is 14.6 Å². The monoisotopic (exact) mass is 494 g/mol. The molecule has 0 saturated carbocycles. The number of H-pyrrole nitrogens is 1. The molecule has 1 aliphatic rings. The molecule has 1 aliphatic heterocycles. The summed E-state index contributed by atoms with van der Waals surface area (Å²) >= 11 is 0. The number of aromatic amines is 1. The van der Waals surface area contributed by atoms with Crippen LogP contribution in [-0.4, -0.2) is 52.0 Å². The summed E-state index contributed by atoms with van der Waals surface area (Å²) in [4.78, 5) is 24.1. The van der Waals surface area contributed by atoms with Crippen molar-refractivity contribution in [3.63, 3.8) is 0 Å². The number of amides is 1. The van der Waals surface area contributed by atoms with E-state index in [1.165, 1.54) is 12.1 Å². The smallest absolute Gasteiger partial charge is 0.416 e. The van der Waals surface area contributed by atoms with E-state index in [0.29, 0.717) is 31.0 Å². The van der Waals surface area contributed by atoms with Crippen LogP contribution in [0.25, 0.3) is 22.4 Å². The molecular weight excluding hydrogens is 469 g/mol. The van der Waals surface area contributed by atoms with E-state index < -0.39 is 11.7 Å². The van der Waals surface area contributed by atoms with Gasteiger partial charge in [0.2, 0.25) is 0 Å². The van der Waals surface area contributed by atoms with Gasteiger partial charge in [-0.15, -0.1) is 0 Å². The maximum absolute atomic E-state index is 12.8. The number of carbonyl (C=O) groups is 1. The number of imidazole rings is 1. The highest BCUT2D eigenvalue weighted by Crippen LogP contribution is 2.31. The molecule has 0 radical (unpaired) electrons. The molecule has 0 unspecified atom stereocenters. The fraction of sp³-hybridized carbons (Fsp3) is 0.259. The third kappa shape index (κ3) is 5.52. The lowest BCUT2D eigenvalue weighted by molar-refractivity contribution is -0.137. The number of hydrogen-bond acceptors (Lipinski definition) is 4. The van der Waals surface area contributed by atoms with E-state index in [-0.39, 0.29) is 12.7 Å². The number of piperazine rings is 1. The number of halogens is 3. The summed E-state index contributed by atoms with van der Waals surface area (Å²) < 4.78 is 43.9. The molecular formula is C27H25F3N4O2. The van der Waals surface area contributed by atoms with Crippen molar-refractivity contribution in [2.24, 2.45) is 0 Å². The summed E-state index contributed by atoms with van der Waals surface area (Å²) in [5, 5.41) is 0. The van der Waals surface area contributed by atoms with Crippen LogP contribution in [0.15, 0.2) is 72.8 Å². The lowest BCUT2D eigenvalue weighted by Gasteiger charge is -2.34. The van der Waals surface area contributed by atoms with Crippen LogP contribution in [0.4, 0.5) is 18.0 Å². The maximum atomic E-state index is 12.8. The Kier molecular flexibility index (Phi) is 6.65. The minimum Gasteiger partial charge on any atom is -0.445 e. The number of nitrogens with one attached hydrogen (secondary N) is 1. The molecule has 0 atom stereocenters. The Bertz CT molecular complexity index is 1330. The SMILES string of the molecule is O=C(OCc1ccccc1)N1CCN(Cc2ccc3[nH]c(-c4ccc(C(F)(F)F)cc4)nc3c2)CC1. The molecule has 36 heavy (non-hydrogen) atoms. The number of benzene rings is 3. The number of rotatable bonds is 5. The van der Waals surface area contributed by atoms with Crippen molar-refractivity contribution in [3.05, 3.63) is 89.5 Å². The van der Waals surface area contributed by atoms with Crippen molar-refractivity contribution >= 4 is 17.1 Å². The fourth-order valence-electron chi connectivity index (χ4n) is 4.26. The summed E-state index contributed by atoms with van der Waals surface area (Å²) in [5.41, 5.74) is 3.52. The van der Waals surface area contributed by atoms with Crippen LogP contribution in [0.5, 0.6) is 0 Å². The van der Waals surface area contributed by atoms with Crippen LogP contribution in [0.1, 0.15) is 16.7 Å². The molecule has 1 fully saturated rings. The summed E-state index contributed by atoms with van der Waals surface area (Å²) in [6, 6.07) is 20.5. The Hall–Kier alpha value is -3.85. The van der Waals surface area contributed by atoms with Gasteiger partial charge in [0.25, 0.3) is 0 Å². The molecule has 2 heterocycles. The minimum absolute atomic E-state index is 0.262. The second-order valence-electron chi connectivity index (χ2n) is 8.82. The van der Waals surface area contributed by atoms with Gasteiger partial charge >= 0.3 is 12.3 Å². The van der Waals surface area contributed by atoms with E-state index in [2.05, 4.69) is 14.9 Å². The lowest BCUT2D eigenvalue weighted by atomic mass is 10.1. The summed E-state index contributed by atoms with van der Waals surface area (Å²) in [6.45, 7) is 3.63. The number of carbonyl (C=O) groups excluding carboxylic acids is 1. The van der Waals surface area contributed by atoms with E-state index in [9.17, 15) is 18.0 Å². The van der Waals surface area contributed by atoms with Gasteiger partial charge in [0, 0.05) is 38.3 Å². The Labute approximate surface area is 206 Å². The van der Waals surface area contributed by atoms with Crippen LogP contribution in [0, 0.1) is 0 Å². The standard InChI is InChI=1S/C27H25F3N4O2/c28-27(29,30)22-9-7-21(8-10-22)25-31-23-11-6-20(16-24(23)32-25)17-33-12-14-34(15-13-33)26(35)36-18-19-4-2-1-3-5-19/h1-11,16H,12-15,17-18H2,(H,31,32). The average Bonchev–Trinajstić information content (AvgIpc) is 3.31. The zero-order valence-corrected chi connectivity index (χ0v) is 19.5. The number of fused-ring (bicyclic) bond motifs is 1. The second-order valence-corrected chi connectivity index (χ2v) is 8.82. The van der Waals surface area contributed by atoms with E-state index in [1.807, 2.05) is 48.5 Å². The van der Waals surface area contributed by atoms with E-state index in [0.717, 1.165) is 47.4 Å². The predicted molar refractivity (Wildman–Crippen MR) is 130 cm³/mol. The van der Waals surface area contributed by atoms with E-state index in [1.54, 1.807) is 4.90 Å². The van der Waals surface area contributed by atoms with Crippen molar-refractivity contribution in [2.45, 2.75) is 19.3 Å². The molecule has 5 rings (SSSR count). The minimum atomic E-state index is -4.37. The zero-order valence-electron chi connectivity index (χ0n) is 19.5. The first kappa shape index (κ1) is 23.9. The highest BCUT2D eigenvalue weighted by Gasteiger charge is 2.30. The first-order chi connectivity index (χ1) is 17.3. The molecule has 1 saturated heterocycles. The topological polar surface area (TPSA) is 61.5 Å². The van der Waals surface area contributed by atoms with Gasteiger partial charge in [-0.25, -0.2) is 9.78 Å². The number of alkyl halides is 3. The summed E-state index contributed by atoms with van der Waals surface area (Å²) in [7, 11) is 0. The van der Waals surface area contributed by atoms with Crippen molar-refractivity contribution in [1.29, 1.82) is 0 Å². The summed E-state index contributed by atoms with van der Waals surface area (Å²) in [6.07, 6.45) is -4.66. The van der Waals surface area contributed by atoms with Crippen molar-refractivity contribution < 1.29 is 22.7 Å². The third-order valence-corrected chi connectivity index (χ3v) is 6.27. The van der Waals surface area contributed by atoms with Gasteiger partial charge in [-0.3, -0.25) is 4.90 Å². The highest BCUT2D eigenvalue weighted by atomic mass is 19.4. The Morgan fingerprint density at radius 1 is 0.917 bits per heavy atom. The highest BCUT2D eigenvalue weighted by molar-refractivity contribution is 5.80. The maximum Gasteiger partial charge on any atom is 0.416 e. The second kappa shape index (κ2) is 10.0. The number of aromatic nitrogens is 2. The van der Waals surface area contributed by atoms with Crippen LogP contribution in [0.3, 0.4) is 0 Å². The van der Waals surface area contributed by atoms with Gasteiger partial charge in [0.1, 0.15) is 12.4 Å². The first-order valence-corrected chi connectivity index (χ1v) is 11.7. The molecule has 186 valence electrons. The van der Waals surface area contributed by atoms with Gasteiger partial charge in [-0.2, -0.15) is 13.2 Å². The Morgan fingerprint density at radius 2 is 1.64 bits per heavy atom. The molecule has 3 aromatic carbocycles. The molecule has 1 aromatic heterocycles. The van der Waals surface area contributed by atoms with Crippen LogP contribution >= 0.6 is 0 Å². The quantitative estimate of drug-likeness (QED) is 0.387. The zero-order chi connectivity index (χ0) is 25.1. The molecule has 1 amide bonds. The third-order valence-electron chi connectivity index (χ3n) is 6.27. The van der Waals surface area contributed by atoms with Crippen LogP contribution < -0.4 is 0 Å². The van der Waals surface area contributed by atoms with Gasteiger partial charge in [0.05, 0.1) is 16.6 Å². The fourth-order valence-corrected chi connectivity index (χ4v) is 4.26. The predicted octanol–water partition coefficient (Wildman–Crippen LogP) is 5.70. The van der Waals surface area contributed by atoms with Crippen molar-refractivity contribution in [3.8, 4) is 11.4 Å². The molecule has 9 heteroatoms. The molecule has 0 spiro atoms. The molecule has 1 N–H and O–H groups in total. The van der Waals surface area contributed by atoms with Crippen LogP contribution in [-0.2, 0) is 24.1 Å². The molecule has 4 aromatic rings. The Morgan fingerprint density at radius 3 is 2.33 bits per heavy atom. The molecule has 6 nitrogen and oxygen atoms in total. The first-order valence-electron chi connectivity index (χ1n) is 11.7. The van der Waals surface area contributed by atoms with Crippen molar-refractivity contribution in [2.75, 3.05) is 26.2 Å². The summed E-state index contributed by atoms with van der Waals surface area (Å²) in [5.74, 6) is 0.526. The van der Waals surface area contributed by atoms with Gasteiger partial charge in [0.15, 0.2) is 0 Å². The largest absolute Gasteiger partial charge is 0.445 e. The van der Waals surface area contributed by atoms with Crippen molar-refractivity contribution in [1.82, 2.24) is 19.8 Å².